The third-order valence-electron chi connectivity index (χ3n) is 6.99. The first-order valence-corrected chi connectivity index (χ1v) is 13.0. The summed E-state index contributed by atoms with van der Waals surface area (Å²) in [7, 11) is 0. The molecule has 2 aromatic carbocycles. The number of carbonyl (C=O) groups is 2. The molecule has 0 bridgehead atoms. The third-order valence-corrected chi connectivity index (χ3v) is 7.23. The molecular weight excluding hydrogens is 472 g/mol. The number of benzene rings is 2. The topological polar surface area (TPSA) is 59.5 Å². The number of Topliss-reactive ketones (excluding diaryl/α,β-unsaturated/α-hetero) is 1. The van der Waals surface area contributed by atoms with E-state index in [9.17, 15) is 9.59 Å². The third kappa shape index (κ3) is 6.14. The molecule has 0 saturated carbocycles. The van der Waals surface area contributed by atoms with E-state index in [1.165, 1.54) is 0 Å². The van der Waals surface area contributed by atoms with Crippen LogP contribution in [-0.2, 0) is 9.53 Å². The molecule has 188 valence electrons. The Kier molecular flexibility index (Phi) is 8.42. The van der Waals surface area contributed by atoms with Crippen LogP contribution in [0.4, 0.5) is 5.69 Å². The molecule has 1 aromatic heterocycles. The van der Waals surface area contributed by atoms with E-state index in [4.69, 9.17) is 16.3 Å². The first kappa shape index (κ1) is 25.9. The van der Waals surface area contributed by atoms with Gasteiger partial charge in [0.05, 0.1) is 12.5 Å². The highest BCUT2D eigenvalue weighted by atomic mass is 35.5. The second-order valence-electron chi connectivity index (χ2n) is 9.47. The van der Waals surface area contributed by atoms with Crippen molar-refractivity contribution in [2.24, 2.45) is 5.92 Å². The van der Waals surface area contributed by atoms with Crippen molar-refractivity contribution in [1.82, 2.24) is 4.98 Å². The van der Waals surface area contributed by atoms with Crippen LogP contribution < -0.4 is 4.90 Å². The van der Waals surface area contributed by atoms with Gasteiger partial charge in [0.1, 0.15) is 0 Å². The molecule has 1 saturated heterocycles. The van der Waals surface area contributed by atoms with Crippen molar-refractivity contribution in [2.45, 2.75) is 46.0 Å². The van der Waals surface area contributed by atoms with Gasteiger partial charge in [0.2, 0.25) is 0 Å². The molecule has 6 heteroatoms. The quantitative estimate of drug-likeness (QED) is 0.257. The minimum atomic E-state index is -0.0909. The minimum absolute atomic E-state index is 0.0134. The Hall–Kier alpha value is -3.18. The Morgan fingerprint density at radius 1 is 1.06 bits per heavy atom. The number of halogens is 1. The van der Waals surface area contributed by atoms with Crippen molar-refractivity contribution in [3.8, 4) is 0 Å². The lowest BCUT2D eigenvalue weighted by atomic mass is 9.83. The summed E-state index contributed by atoms with van der Waals surface area (Å²) in [5, 5.41) is 0.688. The van der Waals surface area contributed by atoms with Crippen molar-refractivity contribution >= 4 is 29.0 Å². The molecule has 1 fully saturated rings. The summed E-state index contributed by atoms with van der Waals surface area (Å²) >= 11 is 6.23. The number of aryl methyl sites for hydroxylation is 2. The number of ether oxygens (including phenoxy) is 1. The first-order chi connectivity index (χ1) is 17.4. The maximum absolute atomic E-state index is 13.3. The molecule has 3 aromatic rings. The number of hydrogen-bond donors (Lipinski definition) is 0. The number of carbonyl (C=O) groups excluding carboxylic acids is 2. The predicted octanol–water partition coefficient (Wildman–Crippen LogP) is 6.54. The average Bonchev–Trinajstić information content (AvgIpc) is 2.88. The molecule has 1 atom stereocenters. The Bertz CT molecular complexity index is 1220. The fourth-order valence-electron chi connectivity index (χ4n) is 5.01. The maximum atomic E-state index is 13.3. The standard InChI is InChI=1S/C30H33ClN2O3/c1-4-36-30(35)23-12-15-33(16-13-23)26-8-5-22(6-9-26)28(27-10-7-25(31)17-20(27)2)19-29(34)24-11-14-32-21(3)18-24/h5-11,14,17-18,23,28H,4,12-13,15-16,19H2,1-3H3/t28-/m0/s1. The summed E-state index contributed by atoms with van der Waals surface area (Å²) in [6, 6.07) is 18.0. The van der Waals surface area contributed by atoms with Gasteiger partial charge in [-0.1, -0.05) is 29.8 Å². The molecule has 1 aliphatic heterocycles. The average molecular weight is 505 g/mol. The number of piperidine rings is 1. The van der Waals surface area contributed by atoms with Crippen LogP contribution in [0.1, 0.15) is 64.8 Å². The Morgan fingerprint density at radius 3 is 2.42 bits per heavy atom. The highest BCUT2D eigenvalue weighted by molar-refractivity contribution is 6.30. The van der Waals surface area contributed by atoms with Crippen molar-refractivity contribution in [3.63, 3.8) is 0 Å². The normalized spacial score (nSPS) is 14.9. The lowest BCUT2D eigenvalue weighted by Gasteiger charge is -2.33. The molecule has 36 heavy (non-hydrogen) atoms. The van der Waals surface area contributed by atoms with Gasteiger partial charge in [-0.25, -0.2) is 0 Å². The molecule has 0 radical (unpaired) electrons. The number of ketones is 1. The number of esters is 1. The van der Waals surface area contributed by atoms with Crippen LogP contribution in [0.2, 0.25) is 5.02 Å². The summed E-state index contributed by atoms with van der Waals surface area (Å²) < 4.78 is 5.20. The summed E-state index contributed by atoms with van der Waals surface area (Å²) in [6.45, 7) is 7.85. The van der Waals surface area contributed by atoms with Crippen LogP contribution in [-0.4, -0.2) is 36.4 Å². The molecule has 1 aliphatic rings. The first-order valence-electron chi connectivity index (χ1n) is 12.6. The fourth-order valence-corrected chi connectivity index (χ4v) is 5.24. The van der Waals surface area contributed by atoms with Crippen molar-refractivity contribution < 1.29 is 14.3 Å². The number of pyridine rings is 1. The molecule has 0 unspecified atom stereocenters. The molecule has 0 aliphatic carbocycles. The largest absolute Gasteiger partial charge is 0.466 e. The van der Waals surface area contributed by atoms with Gasteiger partial charge in [0.15, 0.2) is 5.78 Å². The molecule has 5 nitrogen and oxygen atoms in total. The Labute approximate surface area is 218 Å². The number of anilines is 1. The van der Waals surface area contributed by atoms with E-state index in [1.807, 2.05) is 45.0 Å². The van der Waals surface area contributed by atoms with Crippen molar-refractivity contribution in [3.05, 3.63) is 93.8 Å². The van der Waals surface area contributed by atoms with Crippen LogP contribution in [0.5, 0.6) is 0 Å². The lowest BCUT2D eigenvalue weighted by molar-refractivity contribution is -0.148. The molecule has 0 amide bonds. The van der Waals surface area contributed by atoms with Crippen LogP contribution >= 0.6 is 11.6 Å². The fraction of sp³-hybridized carbons (Fsp3) is 0.367. The maximum Gasteiger partial charge on any atom is 0.309 e. The van der Waals surface area contributed by atoms with Gasteiger partial charge in [-0.3, -0.25) is 14.6 Å². The zero-order valence-corrected chi connectivity index (χ0v) is 21.9. The highest BCUT2D eigenvalue weighted by Crippen LogP contribution is 2.34. The summed E-state index contributed by atoms with van der Waals surface area (Å²) in [5.74, 6) is -0.0971. The second kappa shape index (κ2) is 11.7. The van der Waals surface area contributed by atoms with E-state index in [2.05, 4.69) is 34.1 Å². The Morgan fingerprint density at radius 2 is 1.78 bits per heavy atom. The van der Waals surface area contributed by atoms with Gasteiger partial charge in [0.25, 0.3) is 0 Å². The van der Waals surface area contributed by atoms with Gasteiger partial charge >= 0.3 is 5.97 Å². The highest BCUT2D eigenvalue weighted by Gasteiger charge is 2.27. The molecule has 0 N–H and O–H groups in total. The van der Waals surface area contributed by atoms with Crippen molar-refractivity contribution in [1.29, 1.82) is 0 Å². The Balaban J connectivity index is 1.55. The number of rotatable bonds is 8. The number of aromatic nitrogens is 1. The van der Waals surface area contributed by atoms with Crippen LogP contribution in [0.15, 0.2) is 60.8 Å². The summed E-state index contributed by atoms with van der Waals surface area (Å²) in [6.07, 6.45) is 3.64. The van der Waals surface area contributed by atoms with Crippen molar-refractivity contribution in [2.75, 3.05) is 24.6 Å². The molecule has 4 rings (SSSR count). The van der Waals surface area contributed by atoms with Gasteiger partial charge < -0.3 is 9.64 Å². The second-order valence-corrected chi connectivity index (χ2v) is 9.91. The monoisotopic (exact) mass is 504 g/mol. The van der Waals surface area contributed by atoms with E-state index < -0.39 is 0 Å². The predicted molar refractivity (Wildman–Crippen MR) is 144 cm³/mol. The number of nitrogens with zero attached hydrogens (tertiary/aromatic N) is 2. The van der Waals surface area contributed by atoms with E-state index >= 15 is 0 Å². The summed E-state index contributed by atoms with van der Waals surface area (Å²) in [4.78, 5) is 31.9. The van der Waals surface area contributed by atoms with Gasteiger partial charge in [-0.05, 0) is 86.7 Å². The van der Waals surface area contributed by atoms with E-state index in [0.29, 0.717) is 23.6 Å². The van der Waals surface area contributed by atoms with Crippen LogP contribution in [0, 0.1) is 19.8 Å². The van der Waals surface area contributed by atoms with Crippen LogP contribution in [0.25, 0.3) is 0 Å². The SMILES string of the molecule is CCOC(=O)C1CCN(c2ccc([C@H](CC(=O)c3ccnc(C)c3)c3ccc(Cl)cc3C)cc2)CC1. The van der Waals surface area contributed by atoms with Crippen LogP contribution in [0.3, 0.4) is 0 Å². The number of hydrogen-bond acceptors (Lipinski definition) is 5. The minimum Gasteiger partial charge on any atom is -0.466 e. The van der Waals surface area contributed by atoms with Gasteiger partial charge in [-0.15, -0.1) is 0 Å². The molecular formula is C30H33ClN2O3. The van der Waals surface area contributed by atoms with E-state index in [0.717, 1.165) is 54.0 Å². The van der Waals surface area contributed by atoms with E-state index in [1.54, 1.807) is 12.3 Å². The van der Waals surface area contributed by atoms with Gasteiger partial charge in [0, 0.05) is 53.6 Å². The van der Waals surface area contributed by atoms with E-state index in [-0.39, 0.29) is 23.6 Å². The molecule has 2 heterocycles. The smallest absolute Gasteiger partial charge is 0.309 e. The lowest BCUT2D eigenvalue weighted by Crippen LogP contribution is -2.36. The van der Waals surface area contributed by atoms with Gasteiger partial charge in [-0.2, -0.15) is 0 Å². The molecule has 0 spiro atoms. The zero-order valence-electron chi connectivity index (χ0n) is 21.2. The summed E-state index contributed by atoms with van der Waals surface area (Å²) in [5.41, 5.74) is 5.89. The zero-order chi connectivity index (χ0) is 25.7.